The van der Waals surface area contributed by atoms with Crippen LogP contribution in [-0.2, 0) is 4.79 Å². The maximum atomic E-state index is 12.5. The molecule has 8 nitrogen and oxygen atoms in total. The molecule has 1 unspecified atom stereocenters. The number of aryl methyl sites for hydroxylation is 2. The van der Waals surface area contributed by atoms with Crippen molar-refractivity contribution in [2.75, 3.05) is 43.6 Å². The van der Waals surface area contributed by atoms with Crippen LogP contribution in [0.25, 0.3) is 0 Å². The molecule has 2 rings (SSSR count). The fraction of sp³-hybridized carbons (Fsp3) is 0.444. The first kappa shape index (κ1) is 19.6. The first-order valence-corrected chi connectivity index (χ1v) is 8.44. The van der Waals surface area contributed by atoms with Crippen LogP contribution in [0, 0.1) is 13.8 Å². The normalized spacial score (nSPS) is 12.1. The highest BCUT2D eigenvalue weighted by atomic mass is 16.2. The highest BCUT2D eigenvalue weighted by Crippen LogP contribution is 2.20. The van der Waals surface area contributed by atoms with E-state index >= 15 is 0 Å². The molecule has 0 radical (unpaired) electrons. The first-order valence-electron chi connectivity index (χ1n) is 8.44. The molecule has 1 aromatic heterocycles. The van der Waals surface area contributed by atoms with Crippen LogP contribution in [0.15, 0.2) is 18.2 Å². The zero-order valence-corrected chi connectivity index (χ0v) is 16.2. The molecule has 1 heterocycles. The summed E-state index contributed by atoms with van der Waals surface area (Å²) in [6.45, 7) is 6.09. The van der Waals surface area contributed by atoms with Gasteiger partial charge in [-0.05, 0) is 38.9 Å². The summed E-state index contributed by atoms with van der Waals surface area (Å²) in [5.74, 6) is 1.10. The Labute approximate surface area is 154 Å². The number of nitrogens with two attached hydrogens (primary N) is 1. The van der Waals surface area contributed by atoms with Crippen LogP contribution in [0.3, 0.4) is 0 Å². The second-order valence-electron chi connectivity index (χ2n) is 6.65. The summed E-state index contributed by atoms with van der Waals surface area (Å²) < 4.78 is 0. The van der Waals surface area contributed by atoms with E-state index in [-0.39, 0.29) is 24.4 Å². The minimum atomic E-state index is -0.192. The van der Waals surface area contributed by atoms with Gasteiger partial charge >= 0.3 is 0 Å². The fourth-order valence-electron chi connectivity index (χ4n) is 2.54. The lowest BCUT2D eigenvalue weighted by Gasteiger charge is -2.24. The zero-order chi connectivity index (χ0) is 19.4. The molecule has 0 saturated carbocycles. The van der Waals surface area contributed by atoms with E-state index in [0.29, 0.717) is 11.8 Å². The number of amides is 1. The van der Waals surface area contributed by atoms with Crippen molar-refractivity contribution in [2.24, 2.45) is 0 Å². The number of rotatable bonds is 6. The summed E-state index contributed by atoms with van der Waals surface area (Å²) in [7, 11) is 5.53. The zero-order valence-electron chi connectivity index (χ0n) is 16.2. The molecule has 1 amide bonds. The summed E-state index contributed by atoms with van der Waals surface area (Å²) in [6, 6.07) is 5.74. The third-order valence-electron chi connectivity index (χ3n) is 4.23. The lowest BCUT2D eigenvalue weighted by molar-refractivity contribution is -0.117. The average molecular weight is 357 g/mol. The Bertz CT molecular complexity index is 771. The van der Waals surface area contributed by atoms with Gasteiger partial charge in [0.05, 0.1) is 12.6 Å². The number of anilines is 3. The SMILES string of the molecule is Cc1cccc(C)c1NC(=O)CN(C)C(C)c1nc(N)nc(N(C)C)n1. The predicted molar refractivity (Wildman–Crippen MR) is 104 cm³/mol. The highest BCUT2D eigenvalue weighted by Gasteiger charge is 2.20. The molecule has 0 aliphatic carbocycles. The molecule has 8 heteroatoms. The van der Waals surface area contributed by atoms with Gasteiger partial charge in [0.1, 0.15) is 0 Å². The van der Waals surface area contributed by atoms with Crippen molar-refractivity contribution in [1.29, 1.82) is 0 Å². The van der Waals surface area contributed by atoms with Crippen molar-refractivity contribution < 1.29 is 4.79 Å². The molecule has 0 aliphatic rings. The van der Waals surface area contributed by atoms with Crippen LogP contribution in [0.5, 0.6) is 0 Å². The molecule has 26 heavy (non-hydrogen) atoms. The number of benzene rings is 1. The van der Waals surface area contributed by atoms with Crippen LogP contribution in [0.1, 0.15) is 29.9 Å². The van der Waals surface area contributed by atoms with Gasteiger partial charge in [0.25, 0.3) is 0 Å². The van der Waals surface area contributed by atoms with E-state index in [1.165, 1.54) is 0 Å². The number of nitrogen functional groups attached to an aromatic ring is 1. The van der Waals surface area contributed by atoms with Gasteiger partial charge in [-0.25, -0.2) is 0 Å². The van der Waals surface area contributed by atoms with Crippen molar-refractivity contribution in [3.8, 4) is 0 Å². The lowest BCUT2D eigenvalue weighted by atomic mass is 10.1. The van der Waals surface area contributed by atoms with Crippen LogP contribution in [0.4, 0.5) is 17.6 Å². The molecular formula is C18H27N7O. The Balaban J connectivity index is 2.09. The van der Waals surface area contributed by atoms with Crippen LogP contribution in [-0.4, -0.2) is 53.4 Å². The minimum Gasteiger partial charge on any atom is -0.368 e. The van der Waals surface area contributed by atoms with Crippen molar-refractivity contribution in [3.05, 3.63) is 35.2 Å². The predicted octanol–water partition coefficient (Wildman–Crippen LogP) is 1.77. The molecule has 0 aliphatic heterocycles. The number of para-hydroxylation sites is 1. The van der Waals surface area contributed by atoms with E-state index in [0.717, 1.165) is 16.8 Å². The molecule has 140 valence electrons. The number of likely N-dealkylation sites (N-methyl/N-ethyl adjacent to an activating group) is 1. The third-order valence-corrected chi connectivity index (χ3v) is 4.23. The Morgan fingerprint density at radius 3 is 2.35 bits per heavy atom. The van der Waals surface area contributed by atoms with E-state index in [2.05, 4.69) is 20.3 Å². The molecule has 3 N–H and O–H groups in total. The molecule has 0 spiro atoms. The quantitative estimate of drug-likeness (QED) is 0.812. The smallest absolute Gasteiger partial charge is 0.238 e. The van der Waals surface area contributed by atoms with Crippen molar-refractivity contribution in [1.82, 2.24) is 19.9 Å². The molecule has 1 aromatic carbocycles. The molecule has 0 bridgehead atoms. The summed E-state index contributed by atoms with van der Waals surface area (Å²) in [6.07, 6.45) is 0. The monoisotopic (exact) mass is 357 g/mol. The van der Waals surface area contributed by atoms with Gasteiger partial charge < -0.3 is 16.0 Å². The van der Waals surface area contributed by atoms with Gasteiger partial charge in [-0.2, -0.15) is 15.0 Å². The number of carbonyl (C=O) groups is 1. The van der Waals surface area contributed by atoms with E-state index < -0.39 is 0 Å². The summed E-state index contributed by atoms with van der Waals surface area (Å²) >= 11 is 0. The minimum absolute atomic E-state index is 0.0911. The van der Waals surface area contributed by atoms with Gasteiger partial charge in [0.2, 0.25) is 17.8 Å². The average Bonchev–Trinajstić information content (AvgIpc) is 2.57. The second kappa shape index (κ2) is 8.09. The van der Waals surface area contributed by atoms with Gasteiger partial charge in [0, 0.05) is 19.8 Å². The van der Waals surface area contributed by atoms with Gasteiger partial charge in [-0.15, -0.1) is 0 Å². The Morgan fingerprint density at radius 1 is 1.15 bits per heavy atom. The maximum Gasteiger partial charge on any atom is 0.238 e. The lowest BCUT2D eigenvalue weighted by Crippen LogP contribution is -2.33. The number of aromatic nitrogens is 3. The summed E-state index contributed by atoms with van der Waals surface area (Å²) in [4.78, 5) is 28.8. The Hall–Kier alpha value is -2.74. The number of hydrogen-bond acceptors (Lipinski definition) is 7. The van der Waals surface area contributed by atoms with Gasteiger partial charge in [-0.3, -0.25) is 9.69 Å². The van der Waals surface area contributed by atoms with Crippen molar-refractivity contribution >= 4 is 23.5 Å². The number of hydrogen-bond donors (Lipinski definition) is 2. The van der Waals surface area contributed by atoms with E-state index in [9.17, 15) is 4.79 Å². The Kier molecular flexibility index (Phi) is 6.10. The van der Waals surface area contributed by atoms with Crippen LogP contribution < -0.4 is 16.0 Å². The van der Waals surface area contributed by atoms with Crippen molar-refractivity contribution in [3.63, 3.8) is 0 Å². The highest BCUT2D eigenvalue weighted by molar-refractivity contribution is 5.93. The Morgan fingerprint density at radius 2 is 1.77 bits per heavy atom. The third kappa shape index (κ3) is 4.66. The molecule has 2 aromatic rings. The summed E-state index contributed by atoms with van der Waals surface area (Å²) in [5, 5.41) is 2.99. The molecule has 1 atom stereocenters. The molecule has 0 fully saturated rings. The number of nitrogens with zero attached hydrogens (tertiary/aromatic N) is 5. The first-order chi connectivity index (χ1) is 12.2. The van der Waals surface area contributed by atoms with E-state index in [1.54, 1.807) is 4.90 Å². The standard InChI is InChI=1S/C18H27N7O/c1-11-8-7-9-12(2)15(11)20-14(26)10-25(6)13(3)16-21-17(19)23-18(22-16)24(4)5/h7-9,13H,10H2,1-6H3,(H,20,26)(H2,19,21,22,23). The van der Waals surface area contributed by atoms with Crippen LogP contribution >= 0.6 is 0 Å². The van der Waals surface area contributed by atoms with E-state index in [4.69, 9.17) is 5.73 Å². The van der Waals surface area contributed by atoms with Crippen molar-refractivity contribution in [2.45, 2.75) is 26.8 Å². The van der Waals surface area contributed by atoms with Gasteiger partial charge in [-0.1, -0.05) is 18.2 Å². The second-order valence-corrected chi connectivity index (χ2v) is 6.65. The van der Waals surface area contributed by atoms with Crippen LogP contribution in [0.2, 0.25) is 0 Å². The number of nitrogens with one attached hydrogen (secondary N) is 1. The molecular weight excluding hydrogens is 330 g/mol. The molecule has 0 saturated heterocycles. The number of carbonyl (C=O) groups excluding carboxylic acids is 1. The van der Waals surface area contributed by atoms with Gasteiger partial charge in [0.15, 0.2) is 5.82 Å². The largest absolute Gasteiger partial charge is 0.368 e. The summed E-state index contributed by atoms with van der Waals surface area (Å²) in [5.41, 5.74) is 8.72. The fourth-order valence-corrected chi connectivity index (χ4v) is 2.54. The maximum absolute atomic E-state index is 12.5. The topological polar surface area (TPSA) is 100 Å². The van der Waals surface area contributed by atoms with E-state index in [1.807, 2.05) is 65.0 Å².